The zero-order valence-electron chi connectivity index (χ0n) is 24.7. The smallest absolute Gasteiger partial charge is 0.256 e. The molecular weight excluding hydrogens is 559 g/mol. The van der Waals surface area contributed by atoms with E-state index < -0.39 is 0 Å². The lowest BCUT2D eigenvalue weighted by Crippen LogP contribution is -2.58. The van der Waals surface area contributed by atoms with E-state index >= 15 is 0 Å². The molecule has 2 aliphatic rings. The van der Waals surface area contributed by atoms with Crippen molar-refractivity contribution in [2.24, 2.45) is 0 Å². The lowest BCUT2D eigenvalue weighted by atomic mass is 9.34. The lowest BCUT2D eigenvalue weighted by Gasteiger charge is -2.33. The van der Waals surface area contributed by atoms with Crippen molar-refractivity contribution >= 4 is 83.0 Å². The summed E-state index contributed by atoms with van der Waals surface area (Å²) in [4.78, 5) is 0. The van der Waals surface area contributed by atoms with Crippen LogP contribution in [0.1, 0.15) is 0 Å². The maximum atomic E-state index is 6.57. The summed E-state index contributed by atoms with van der Waals surface area (Å²) in [7, 11) is 0. The predicted octanol–water partition coefficient (Wildman–Crippen LogP) is 8.54. The summed E-state index contributed by atoms with van der Waals surface area (Å²) in [6.45, 7) is 0.129. The molecule has 46 heavy (non-hydrogen) atoms. The molecule has 3 nitrogen and oxygen atoms in total. The molecule has 5 heterocycles. The minimum absolute atomic E-state index is 0.129. The molecule has 0 bridgehead atoms. The molecule has 0 unspecified atom stereocenters. The Hall–Kier alpha value is -6.00. The Balaban J connectivity index is 1.26. The average molecular weight is 582 g/mol. The number of hydrogen-bond donors (Lipinski definition) is 0. The van der Waals surface area contributed by atoms with E-state index in [1.807, 2.05) is 0 Å². The molecule has 3 aromatic heterocycles. The van der Waals surface area contributed by atoms with Crippen LogP contribution in [0.15, 0.2) is 140 Å². The molecule has 0 saturated carbocycles. The summed E-state index contributed by atoms with van der Waals surface area (Å²) in [5, 5.41) is 7.79. The third kappa shape index (κ3) is 2.62. The van der Waals surface area contributed by atoms with Gasteiger partial charge in [0.05, 0.1) is 22.1 Å². The summed E-state index contributed by atoms with van der Waals surface area (Å²) in [6, 6.07) is 51.2. The molecule has 0 atom stereocenters. The van der Waals surface area contributed by atoms with E-state index in [1.54, 1.807) is 0 Å². The van der Waals surface area contributed by atoms with Gasteiger partial charge in [0.1, 0.15) is 11.5 Å². The normalized spacial score (nSPS) is 13.3. The Labute approximate surface area is 263 Å². The van der Waals surface area contributed by atoms with Gasteiger partial charge in [-0.2, -0.15) is 0 Å². The van der Waals surface area contributed by atoms with Crippen molar-refractivity contribution in [2.75, 3.05) is 0 Å². The van der Waals surface area contributed by atoms with Crippen LogP contribution in [-0.4, -0.2) is 15.7 Å². The molecule has 0 amide bonds. The topological polar surface area (TPSA) is 18.6 Å². The number of rotatable bonds is 1. The molecule has 0 N–H and O–H groups in total. The maximum absolute atomic E-state index is 6.57. The largest absolute Gasteiger partial charge is 0.458 e. The van der Waals surface area contributed by atoms with E-state index in [1.165, 1.54) is 93.1 Å². The molecule has 210 valence electrons. The zero-order valence-corrected chi connectivity index (χ0v) is 24.7. The minimum Gasteiger partial charge on any atom is -0.458 e. The fourth-order valence-corrected chi connectivity index (χ4v) is 8.94. The summed E-state index contributed by atoms with van der Waals surface area (Å²) in [5.41, 5.74) is 13.9. The van der Waals surface area contributed by atoms with Gasteiger partial charge < -0.3 is 13.7 Å². The van der Waals surface area contributed by atoms with Crippen LogP contribution < -0.4 is 21.1 Å². The van der Waals surface area contributed by atoms with Crippen LogP contribution in [0.4, 0.5) is 0 Å². The Morgan fingerprint density at radius 2 is 1.17 bits per heavy atom. The minimum atomic E-state index is 0.129. The Bertz CT molecular complexity index is 2950. The average Bonchev–Trinajstić information content (AvgIpc) is 3.75. The van der Waals surface area contributed by atoms with Crippen LogP contribution in [0.25, 0.3) is 76.7 Å². The SMILES string of the molecule is c1ccc(-c2ccc3c(c2)c2cccc4c5c6c(ccc5n3c24)c2cccc3c2n6-c2cccc4c2B3c2ccccc2O4)cc1. The van der Waals surface area contributed by atoms with Gasteiger partial charge in [0, 0.05) is 43.5 Å². The number of aromatic nitrogens is 2. The first-order valence-corrected chi connectivity index (χ1v) is 16.0. The molecule has 4 heteroatoms. The number of ether oxygens (including phenoxy) is 1. The highest BCUT2D eigenvalue weighted by Gasteiger charge is 2.40. The van der Waals surface area contributed by atoms with Crippen LogP contribution in [0, 0.1) is 0 Å². The van der Waals surface area contributed by atoms with E-state index in [2.05, 4.69) is 148 Å². The molecule has 10 aromatic rings. The van der Waals surface area contributed by atoms with Gasteiger partial charge in [0.25, 0.3) is 6.71 Å². The summed E-state index contributed by atoms with van der Waals surface area (Å²) in [6.07, 6.45) is 0. The third-order valence-corrected chi connectivity index (χ3v) is 10.7. The molecule has 0 aliphatic carbocycles. The van der Waals surface area contributed by atoms with Crippen LogP contribution in [-0.2, 0) is 0 Å². The molecule has 0 spiro atoms. The van der Waals surface area contributed by atoms with Crippen molar-refractivity contribution in [1.82, 2.24) is 8.97 Å². The number of nitrogens with zero attached hydrogens (tertiary/aromatic N) is 2. The number of benzene rings is 7. The molecular formula is C42H23BN2O. The monoisotopic (exact) mass is 582 g/mol. The predicted molar refractivity (Wildman–Crippen MR) is 192 cm³/mol. The van der Waals surface area contributed by atoms with Crippen LogP contribution in [0.2, 0.25) is 0 Å². The van der Waals surface area contributed by atoms with Gasteiger partial charge in [-0.1, -0.05) is 103 Å². The first kappa shape index (κ1) is 23.4. The molecule has 2 aliphatic heterocycles. The van der Waals surface area contributed by atoms with E-state index in [0.717, 1.165) is 11.5 Å². The summed E-state index contributed by atoms with van der Waals surface area (Å²) < 4.78 is 11.6. The van der Waals surface area contributed by atoms with Crippen molar-refractivity contribution in [2.45, 2.75) is 0 Å². The van der Waals surface area contributed by atoms with Gasteiger partial charge in [0.2, 0.25) is 0 Å². The van der Waals surface area contributed by atoms with Gasteiger partial charge >= 0.3 is 0 Å². The first-order valence-electron chi connectivity index (χ1n) is 16.0. The van der Waals surface area contributed by atoms with Crippen molar-refractivity contribution in [3.8, 4) is 28.3 Å². The van der Waals surface area contributed by atoms with Crippen LogP contribution in [0.3, 0.4) is 0 Å². The second-order valence-electron chi connectivity index (χ2n) is 12.8. The van der Waals surface area contributed by atoms with E-state index in [9.17, 15) is 0 Å². The van der Waals surface area contributed by atoms with Gasteiger partial charge in [0.15, 0.2) is 0 Å². The van der Waals surface area contributed by atoms with Gasteiger partial charge in [-0.25, -0.2) is 0 Å². The van der Waals surface area contributed by atoms with E-state index in [-0.39, 0.29) is 6.71 Å². The van der Waals surface area contributed by atoms with Gasteiger partial charge in [-0.3, -0.25) is 0 Å². The van der Waals surface area contributed by atoms with Crippen molar-refractivity contribution in [1.29, 1.82) is 0 Å². The summed E-state index contributed by atoms with van der Waals surface area (Å²) >= 11 is 0. The number of para-hydroxylation sites is 3. The van der Waals surface area contributed by atoms with E-state index in [4.69, 9.17) is 4.74 Å². The zero-order chi connectivity index (χ0) is 29.7. The highest BCUT2D eigenvalue weighted by molar-refractivity contribution is 6.99. The highest BCUT2D eigenvalue weighted by atomic mass is 16.5. The number of hydrogen-bond acceptors (Lipinski definition) is 1. The molecule has 0 fully saturated rings. The fourth-order valence-electron chi connectivity index (χ4n) is 8.94. The van der Waals surface area contributed by atoms with Crippen molar-refractivity contribution < 1.29 is 4.74 Å². The van der Waals surface area contributed by atoms with Gasteiger partial charge in [-0.15, -0.1) is 0 Å². The second kappa shape index (κ2) is 7.98. The Kier molecular flexibility index (Phi) is 4.06. The van der Waals surface area contributed by atoms with E-state index in [0.29, 0.717) is 0 Å². The van der Waals surface area contributed by atoms with Crippen LogP contribution >= 0.6 is 0 Å². The van der Waals surface area contributed by atoms with Crippen molar-refractivity contribution in [3.05, 3.63) is 140 Å². The molecule has 7 aromatic carbocycles. The standard InChI is InChI=1S/C42H23BN2O/c1-2-9-24(10-3-1)25-19-21-33-30(23-25)27-11-6-13-29-38-34(44(33)40(27)29)22-20-28-26-12-7-15-32-41(26)45(42(28)38)35-16-8-18-37-39(35)43(32)31-14-4-5-17-36(31)46-37/h1-23H. The molecule has 0 radical (unpaired) electrons. The first-order chi connectivity index (χ1) is 22.8. The second-order valence-corrected chi connectivity index (χ2v) is 12.8. The third-order valence-electron chi connectivity index (χ3n) is 10.7. The molecule has 0 saturated heterocycles. The van der Waals surface area contributed by atoms with Crippen molar-refractivity contribution in [3.63, 3.8) is 0 Å². The number of fused-ring (bicyclic) bond motifs is 14. The fraction of sp³-hybridized carbons (Fsp3) is 0. The maximum Gasteiger partial charge on any atom is 0.256 e. The van der Waals surface area contributed by atoms with Crippen LogP contribution in [0.5, 0.6) is 11.5 Å². The van der Waals surface area contributed by atoms with Gasteiger partial charge in [-0.05, 0) is 63.9 Å². The quantitative estimate of drug-likeness (QED) is 0.178. The lowest BCUT2D eigenvalue weighted by molar-refractivity contribution is 0.487. The Morgan fingerprint density at radius 3 is 2.11 bits per heavy atom. The summed E-state index contributed by atoms with van der Waals surface area (Å²) in [5.74, 6) is 1.90. The Morgan fingerprint density at radius 1 is 0.457 bits per heavy atom. The molecule has 12 rings (SSSR count). The highest BCUT2D eigenvalue weighted by Crippen LogP contribution is 2.46.